The largest absolute Gasteiger partial charge is 0.354 e. The number of carbonyl (C=O) groups excluding carboxylic acids is 2. The van der Waals surface area contributed by atoms with E-state index in [1.165, 1.54) is 5.56 Å². The van der Waals surface area contributed by atoms with Crippen molar-refractivity contribution in [2.75, 3.05) is 6.54 Å². The van der Waals surface area contributed by atoms with Gasteiger partial charge in [0.25, 0.3) is 0 Å². The summed E-state index contributed by atoms with van der Waals surface area (Å²) < 4.78 is 0. The second-order valence-electron chi connectivity index (χ2n) is 10.4. The first-order chi connectivity index (χ1) is 17.7. The highest BCUT2D eigenvalue weighted by molar-refractivity contribution is 6.30. The fourth-order valence-corrected chi connectivity index (χ4v) is 4.35. The van der Waals surface area contributed by atoms with E-state index in [1.54, 1.807) is 4.90 Å². The van der Waals surface area contributed by atoms with Crippen molar-refractivity contribution >= 4 is 23.4 Å². The van der Waals surface area contributed by atoms with Gasteiger partial charge in [0.05, 0.1) is 0 Å². The summed E-state index contributed by atoms with van der Waals surface area (Å²) in [6, 6.07) is 25.2. The van der Waals surface area contributed by atoms with E-state index < -0.39 is 6.04 Å². The third kappa shape index (κ3) is 9.05. The molecule has 4 nitrogen and oxygen atoms in total. The lowest BCUT2D eigenvalue weighted by atomic mass is 9.99. The van der Waals surface area contributed by atoms with Crippen molar-refractivity contribution in [2.24, 2.45) is 5.92 Å². The summed E-state index contributed by atoms with van der Waals surface area (Å²) in [5.74, 6) is 0.619. The SMILES string of the molecule is CC(C)CNC(=O)C(Cc1ccccc1)N(Cc1ccc(Cl)cc1)C(=O)CCc1ccc(C(C)C)cc1. The number of nitrogens with zero attached hydrogens (tertiary/aromatic N) is 1. The molecule has 0 radical (unpaired) electrons. The van der Waals surface area contributed by atoms with E-state index in [4.69, 9.17) is 11.6 Å². The van der Waals surface area contributed by atoms with Gasteiger partial charge in [0, 0.05) is 31.0 Å². The molecule has 0 aromatic heterocycles. The first kappa shape index (κ1) is 28.5. The van der Waals surface area contributed by atoms with Crippen molar-refractivity contribution in [3.63, 3.8) is 0 Å². The zero-order chi connectivity index (χ0) is 26.8. The van der Waals surface area contributed by atoms with E-state index in [0.29, 0.717) is 49.2 Å². The number of benzene rings is 3. The molecule has 0 saturated heterocycles. The maximum Gasteiger partial charge on any atom is 0.243 e. The lowest BCUT2D eigenvalue weighted by Crippen LogP contribution is -2.51. The minimum atomic E-state index is -0.618. The number of amides is 2. The Morgan fingerprint density at radius 3 is 2.03 bits per heavy atom. The Labute approximate surface area is 227 Å². The fraction of sp³-hybridized carbons (Fsp3) is 0.375. The first-order valence-electron chi connectivity index (χ1n) is 13.2. The summed E-state index contributed by atoms with van der Waals surface area (Å²) in [5.41, 5.74) is 4.36. The Balaban J connectivity index is 1.86. The summed E-state index contributed by atoms with van der Waals surface area (Å²) >= 11 is 6.11. The molecular weight excluding hydrogens is 480 g/mol. The summed E-state index contributed by atoms with van der Waals surface area (Å²) in [7, 11) is 0. The van der Waals surface area contributed by atoms with Gasteiger partial charge in [-0.3, -0.25) is 9.59 Å². The van der Waals surface area contributed by atoms with Crippen LogP contribution in [0.25, 0.3) is 0 Å². The molecule has 0 aliphatic heterocycles. The summed E-state index contributed by atoms with van der Waals surface area (Å²) in [4.78, 5) is 29.0. The van der Waals surface area contributed by atoms with Gasteiger partial charge < -0.3 is 10.2 Å². The number of aryl methyl sites for hydroxylation is 1. The van der Waals surface area contributed by atoms with Crippen LogP contribution >= 0.6 is 11.6 Å². The van der Waals surface area contributed by atoms with E-state index in [-0.39, 0.29) is 11.8 Å². The van der Waals surface area contributed by atoms with Crippen LogP contribution in [0.4, 0.5) is 0 Å². The molecule has 0 saturated carbocycles. The van der Waals surface area contributed by atoms with Crippen LogP contribution in [0.5, 0.6) is 0 Å². The van der Waals surface area contributed by atoms with E-state index in [2.05, 4.69) is 57.3 Å². The Morgan fingerprint density at radius 2 is 1.43 bits per heavy atom. The van der Waals surface area contributed by atoms with Gasteiger partial charge in [-0.05, 0) is 52.6 Å². The normalized spacial score (nSPS) is 12.0. The van der Waals surface area contributed by atoms with E-state index in [0.717, 1.165) is 16.7 Å². The van der Waals surface area contributed by atoms with E-state index in [1.807, 2.05) is 54.6 Å². The van der Waals surface area contributed by atoms with Crippen molar-refractivity contribution in [1.29, 1.82) is 0 Å². The van der Waals surface area contributed by atoms with Crippen molar-refractivity contribution in [1.82, 2.24) is 10.2 Å². The summed E-state index contributed by atoms with van der Waals surface area (Å²) in [5, 5.41) is 3.71. The zero-order valence-electron chi connectivity index (χ0n) is 22.4. The van der Waals surface area contributed by atoms with Crippen LogP contribution in [-0.4, -0.2) is 29.3 Å². The second kappa shape index (κ2) is 14.0. The predicted molar refractivity (Wildman–Crippen MR) is 153 cm³/mol. The van der Waals surface area contributed by atoms with Crippen molar-refractivity contribution in [3.05, 3.63) is 106 Å². The molecule has 2 amide bonds. The number of hydrogen-bond acceptors (Lipinski definition) is 2. The predicted octanol–water partition coefficient (Wildman–Crippen LogP) is 6.81. The number of halogens is 1. The van der Waals surface area contributed by atoms with Crippen molar-refractivity contribution < 1.29 is 9.59 Å². The maximum atomic E-state index is 13.8. The summed E-state index contributed by atoms with van der Waals surface area (Å²) in [6.07, 6.45) is 1.41. The summed E-state index contributed by atoms with van der Waals surface area (Å²) in [6.45, 7) is 9.38. The molecule has 1 atom stereocenters. The topological polar surface area (TPSA) is 49.4 Å². The first-order valence-corrected chi connectivity index (χ1v) is 13.5. The highest BCUT2D eigenvalue weighted by Crippen LogP contribution is 2.20. The third-order valence-corrected chi connectivity index (χ3v) is 6.75. The second-order valence-corrected chi connectivity index (χ2v) is 10.8. The molecule has 5 heteroatoms. The lowest BCUT2D eigenvalue weighted by molar-refractivity contribution is -0.141. The quantitative estimate of drug-likeness (QED) is 0.286. The molecule has 3 rings (SSSR count). The Bertz CT molecular complexity index is 1130. The number of hydrogen-bond donors (Lipinski definition) is 1. The van der Waals surface area contributed by atoms with Gasteiger partial charge >= 0.3 is 0 Å². The van der Waals surface area contributed by atoms with Crippen LogP contribution in [0.1, 0.15) is 62.3 Å². The van der Waals surface area contributed by atoms with Gasteiger partial charge in [0.2, 0.25) is 11.8 Å². The average molecular weight is 519 g/mol. The molecule has 0 heterocycles. The third-order valence-electron chi connectivity index (χ3n) is 6.50. The minimum Gasteiger partial charge on any atom is -0.354 e. The van der Waals surface area contributed by atoms with Gasteiger partial charge in [-0.2, -0.15) is 0 Å². The lowest BCUT2D eigenvalue weighted by Gasteiger charge is -2.32. The molecule has 3 aromatic carbocycles. The zero-order valence-corrected chi connectivity index (χ0v) is 23.2. The smallest absolute Gasteiger partial charge is 0.243 e. The number of nitrogens with one attached hydrogen (secondary N) is 1. The number of rotatable bonds is 12. The molecule has 0 fully saturated rings. The molecule has 3 aromatic rings. The average Bonchev–Trinajstić information content (AvgIpc) is 2.89. The molecule has 0 aliphatic rings. The molecule has 0 spiro atoms. The molecule has 0 bridgehead atoms. The Hall–Kier alpha value is -3.11. The maximum absolute atomic E-state index is 13.8. The molecule has 1 unspecified atom stereocenters. The fourth-order valence-electron chi connectivity index (χ4n) is 4.23. The van der Waals surface area contributed by atoms with Crippen LogP contribution < -0.4 is 5.32 Å². The molecule has 196 valence electrons. The highest BCUT2D eigenvalue weighted by Gasteiger charge is 2.30. The Morgan fingerprint density at radius 1 is 0.811 bits per heavy atom. The van der Waals surface area contributed by atoms with Crippen LogP contribution in [0.3, 0.4) is 0 Å². The monoisotopic (exact) mass is 518 g/mol. The van der Waals surface area contributed by atoms with Crippen LogP contribution in [0, 0.1) is 5.92 Å². The molecule has 37 heavy (non-hydrogen) atoms. The Kier molecular flexibility index (Phi) is 10.8. The van der Waals surface area contributed by atoms with Crippen molar-refractivity contribution in [3.8, 4) is 0 Å². The van der Waals surface area contributed by atoms with E-state index >= 15 is 0 Å². The highest BCUT2D eigenvalue weighted by atomic mass is 35.5. The van der Waals surface area contributed by atoms with Gasteiger partial charge in [-0.25, -0.2) is 0 Å². The van der Waals surface area contributed by atoms with Crippen LogP contribution in [0.2, 0.25) is 5.02 Å². The standard InChI is InChI=1S/C32H39ClN2O2/c1-23(2)21-34-32(37)30(20-26-8-6-5-7-9-26)35(22-27-12-17-29(33)18-13-27)31(36)19-14-25-10-15-28(16-11-25)24(3)4/h5-13,15-18,23-24,30H,14,19-22H2,1-4H3,(H,34,37). The molecular formula is C32H39ClN2O2. The molecule has 1 N–H and O–H groups in total. The molecule has 0 aliphatic carbocycles. The van der Waals surface area contributed by atoms with Gasteiger partial charge in [0.1, 0.15) is 6.04 Å². The van der Waals surface area contributed by atoms with Crippen molar-refractivity contribution in [2.45, 2.75) is 65.5 Å². The van der Waals surface area contributed by atoms with Gasteiger partial charge in [-0.15, -0.1) is 0 Å². The van der Waals surface area contributed by atoms with Crippen LogP contribution in [0.15, 0.2) is 78.9 Å². The minimum absolute atomic E-state index is 0.0384. The van der Waals surface area contributed by atoms with Gasteiger partial charge in [0.15, 0.2) is 0 Å². The van der Waals surface area contributed by atoms with E-state index in [9.17, 15) is 9.59 Å². The number of carbonyl (C=O) groups is 2. The van der Waals surface area contributed by atoms with Gasteiger partial charge in [-0.1, -0.05) is 106 Å². The van der Waals surface area contributed by atoms with Crippen LogP contribution in [-0.2, 0) is 29.0 Å².